The maximum absolute atomic E-state index is 12.7. The van der Waals surface area contributed by atoms with Crippen LogP contribution in [0.5, 0.6) is 11.5 Å². The van der Waals surface area contributed by atoms with Crippen LogP contribution in [-0.2, 0) is 6.61 Å². The lowest BCUT2D eigenvalue weighted by Crippen LogP contribution is -2.18. The topological polar surface area (TPSA) is 59.9 Å². The van der Waals surface area contributed by atoms with E-state index < -0.39 is 0 Å². The van der Waals surface area contributed by atoms with Gasteiger partial charge in [-0.15, -0.1) is 0 Å². The minimum absolute atomic E-state index is 0.334. The van der Waals surface area contributed by atoms with Crippen LogP contribution in [-0.4, -0.2) is 19.2 Å². The number of hydrogen-bond acceptors (Lipinski definition) is 4. The van der Waals surface area contributed by atoms with Gasteiger partial charge >= 0.3 is 0 Å². The third-order valence-electron chi connectivity index (χ3n) is 5.79. The van der Waals surface area contributed by atoms with Crippen LogP contribution in [0.4, 0.5) is 0 Å². The maximum atomic E-state index is 12.7. The fourth-order valence-corrected chi connectivity index (χ4v) is 3.94. The largest absolute Gasteiger partial charge is 0.496 e. The molecule has 0 atom stereocenters. The van der Waals surface area contributed by atoms with E-state index >= 15 is 0 Å². The fraction of sp³-hybridized carbons (Fsp3) is 0.0667. The molecule has 0 radical (unpaired) electrons. The molecule has 172 valence electrons. The molecule has 0 aliphatic heterocycles. The predicted molar refractivity (Wildman–Crippen MR) is 140 cm³/mol. The number of methoxy groups -OCH3 is 1. The van der Waals surface area contributed by atoms with Gasteiger partial charge in [0.1, 0.15) is 18.1 Å². The Bertz CT molecular complexity index is 1520. The second-order valence-corrected chi connectivity index (χ2v) is 8.14. The number of hydrogen-bond donors (Lipinski definition) is 1. The first-order valence-electron chi connectivity index (χ1n) is 11.3. The zero-order chi connectivity index (χ0) is 24.0. The first-order valence-corrected chi connectivity index (χ1v) is 11.3. The Morgan fingerprint density at radius 1 is 0.800 bits per heavy atom. The molecule has 0 aliphatic rings. The van der Waals surface area contributed by atoms with Crippen LogP contribution in [0.15, 0.2) is 108 Å². The first kappa shape index (κ1) is 22.2. The molecule has 5 nitrogen and oxygen atoms in total. The summed E-state index contributed by atoms with van der Waals surface area (Å²) in [5, 5.41) is 8.48. The molecule has 5 aromatic carbocycles. The van der Waals surface area contributed by atoms with E-state index in [0.29, 0.717) is 17.9 Å². The minimum Gasteiger partial charge on any atom is -0.496 e. The van der Waals surface area contributed by atoms with Gasteiger partial charge in [0, 0.05) is 0 Å². The van der Waals surface area contributed by atoms with E-state index in [4.69, 9.17) is 9.47 Å². The van der Waals surface area contributed by atoms with E-state index in [2.05, 4.69) is 40.9 Å². The normalized spacial score (nSPS) is 11.1. The molecule has 0 aromatic heterocycles. The predicted octanol–water partition coefficient (Wildman–Crippen LogP) is 6.34. The molecule has 1 N–H and O–H groups in total. The summed E-state index contributed by atoms with van der Waals surface area (Å²) >= 11 is 0. The number of nitrogens with one attached hydrogen (secondary N) is 1. The highest BCUT2D eigenvalue weighted by Gasteiger charge is 2.13. The van der Waals surface area contributed by atoms with Crippen molar-refractivity contribution in [1.29, 1.82) is 0 Å². The molecule has 1 amide bonds. The van der Waals surface area contributed by atoms with Gasteiger partial charge in [-0.05, 0) is 75.1 Å². The Morgan fingerprint density at radius 3 is 2.17 bits per heavy atom. The molecule has 0 aliphatic carbocycles. The van der Waals surface area contributed by atoms with Crippen molar-refractivity contribution < 1.29 is 14.3 Å². The van der Waals surface area contributed by atoms with Crippen LogP contribution in [0.3, 0.4) is 0 Å². The third-order valence-corrected chi connectivity index (χ3v) is 5.79. The Hall–Kier alpha value is -4.64. The van der Waals surface area contributed by atoms with Gasteiger partial charge in [-0.25, -0.2) is 5.43 Å². The molecular weight excluding hydrogens is 436 g/mol. The van der Waals surface area contributed by atoms with Crippen molar-refractivity contribution in [2.75, 3.05) is 7.11 Å². The third kappa shape index (κ3) is 5.14. The standard InChI is InChI=1S/C30H24N2O3/c1-34-29-18-26-9-5-4-8-25(26)17-28(29)30(33)32-31-19-21-11-14-27(15-12-21)35-20-22-10-13-23-6-2-3-7-24(23)16-22/h2-19H,20H2,1H3,(H,32,33). The van der Waals surface area contributed by atoms with Crippen LogP contribution in [0.1, 0.15) is 21.5 Å². The molecule has 0 spiro atoms. The number of amides is 1. The molecule has 5 heteroatoms. The molecule has 0 saturated carbocycles. The van der Waals surface area contributed by atoms with E-state index in [1.54, 1.807) is 19.4 Å². The van der Waals surface area contributed by atoms with Gasteiger partial charge in [0.2, 0.25) is 0 Å². The monoisotopic (exact) mass is 460 g/mol. The molecule has 0 bridgehead atoms. The van der Waals surface area contributed by atoms with Crippen molar-refractivity contribution in [2.45, 2.75) is 6.61 Å². The molecule has 0 unspecified atom stereocenters. The van der Waals surface area contributed by atoms with Crippen molar-refractivity contribution in [3.63, 3.8) is 0 Å². The highest BCUT2D eigenvalue weighted by Crippen LogP contribution is 2.26. The summed E-state index contributed by atoms with van der Waals surface area (Å²) in [6, 6.07) is 33.6. The summed E-state index contributed by atoms with van der Waals surface area (Å²) in [5.41, 5.74) is 4.97. The fourth-order valence-electron chi connectivity index (χ4n) is 3.94. The summed E-state index contributed by atoms with van der Waals surface area (Å²) < 4.78 is 11.3. The SMILES string of the molecule is COc1cc2ccccc2cc1C(=O)NN=Cc1ccc(OCc2ccc3ccccc3c2)cc1. The Morgan fingerprint density at radius 2 is 1.46 bits per heavy atom. The lowest BCUT2D eigenvalue weighted by atomic mass is 10.1. The van der Waals surface area contributed by atoms with Gasteiger partial charge in [0.25, 0.3) is 5.91 Å². The highest BCUT2D eigenvalue weighted by atomic mass is 16.5. The van der Waals surface area contributed by atoms with Crippen molar-refractivity contribution in [1.82, 2.24) is 5.43 Å². The Labute approximate surface area is 203 Å². The molecule has 0 fully saturated rings. The van der Waals surface area contributed by atoms with E-state index in [1.165, 1.54) is 10.8 Å². The number of fused-ring (bicyclic) bond motifs is 2. The zero-order valence-corrected chi connectivity index (χ0v) is 19.3. The van der Waals surface area contributed by atoms with Crippen molar-refractivity contribution >= 4 is 33.7 Å². The van der Waals surface area contributed by atoms with Crippen LogP contribution in [0, 0.1) is 0 Å². The summed E-state index contributed by atoms with van der Waals surface area (Å²) in [4.78, 5) is 12.7. The smallest absolute Gasteiger partial charge is 0.275 e. The van der Waals surface area contributed by atoms with Gasteiger partial charge in [-0.1, -0.05) is 60.7 Å². The maximum Gasteiger partial charge on any atom is 0.275 e. The quantitative estimate of drug-likeness (QED) is 0.228. The van der Waals surface area contributed by atoms with E-state index in [1.807, 2.05) is 66.7 Å². The van der Waals surface area contributed by atoms with E-state index in [-0.39, 0.29) is 5.91 Å². The minimum atomic E-state index is -0.334. The van der Waals surface area contributed by atoms with Crippen LogP contribution in [0.25, 0.3) is 21.5 Å². The van der Waals surface area contributed by atoms with Crippen molar-refractivity contribution in [3.05, 3.63) is 120 Å². The molecular formula is C30H24N2O3. The number of carbonyl (C=O) groups is 1. The number of carbonyl (C=O) groups excluding carboxylic acids is 1. The molecule has 0 heterocycles. The summed E-state index contributed by atoms with van der Waals surface area (Å²) in [6.07, 6.45) is 1.60. The van der Waals surface area contributed by atoms with Gasteiger partial charge in [-0.2, -0.15) is 5.10 Å². The van der Waals surface area contributed by atoms with Crippen LogP contribution >= 0.6 is 0 Å². The summed E-state index contributed by atoms with van der Waals surface area (Å²) in [6.45, 7) is 0.488. The van der Waals surface area contributed by atoms with Gasteiger partial charge in [0.15, 0.2) is 0 Å². The van der Waals surface area contributed by atoms with Crippen molar-refractivity contribution in [2.24, 2.45) is 5.10 Å². The average molecular weight is 461 g/mol. The number of benzene rings is 5. The number of ether oxygens (including phenoxy) is 2. The average Bonchev–Trinajstić information content (AvgIpc) is 2.91. The number of rotatable bonds is 7. The second kappa shape index (κ2) is 10.1. The summed E-state index contributed by atoms with van der Waals surface area (Å²) in [5.74, 6) is 0.934. The van der Waals surface area contributed by atoms with Crippen LogP contribution < -0.4 is 14.9 Å². The molecule has 5 aromatic rings. The Balaban J connectivity index is 1.20. The Kier molecular flexibility index (Phi) is 6.39. The number of nitrogens with zero attached hydrogens (tertiary/aromatic N) is 1. The lowest BCUT2D eigenvalue weighted by Gasteiger charge is -2.09. The lowest BCUT2D eigenvalue weighted by molar-refractivity contribution is 0.0952. The zero-order valence-electron chi connectivity index (χ0n) is 19.3. The van der Waals surface area contributed by atoms with Crippen LogP contribution in [0.2, 0.25) is 0 Å². The van der Waals surface area contributed by atoms with Gasteiger partial charge in [-0.3, -0.25) is 4.79 Å². The molecule has 0 saturated heterocycles. The van der Waals surface area contributed by atoms with E-state index in [9.17, 15) is 4.79 Å². The van der Waals surface area contributed by atoms with Crippen molar-refractivity contribution in [3.8, 4) is 11.5 Å². The molecule has 5 rings (SSSR count). The highest BCUT2D eigenvalue weighted by molar-refractivity contribution is 6.02. The van der Waals surface area contributed by atoms with Gasteiger partial charge in [0.05, 0.1) is 18.9 Å². The number of hydrazone groups is 1. The first-order chi connectivity index (χ1) is 17.2. The second-order valence-electron chi connectivity index (χ2n) is 8.14. The molecule has 35 heavy (non-hydrogen) atoms. The van der Waals surface area contributed by atoms with Gasteiger partial charge < -0.3 is 9.47 Å². The summed E-state index contributed by atoms with van der Waals surface area (Å²) in [7, 11) is 1.55. The van der Waals surface area contributed by atoms with E-state index in [0.717, 1.165) is 27.6 Å².